The second-order valence-corrected chi connectivity index (χ2v) is 3.96. The number of para-hydroxylation sites is 1. The van der Waals surface area contributed by atoms with E-state index < -0.39 is 0 Å². The molecule has 0 unspecified atom stereocenters. The molecule has 2 rings (SSSR count). The fourth-order valence-electron chi connectivity index (χ4n) is 1.71. The summed E-state index contributed by atoms with van der Waals surface area (Å²) < 4.78 is 0. The summed E-state index contributed by atoms with van der Waals surface area (Å²) in [5.74, 6) is 5.30. The highest BCUT2D eigenvalue weighted by atomic mass is 16.2. The van der Waals surface area contributed by atoms with Crippen LogP contribution in [-0.4, -0.2) is 28.1 Å². The normalized spacial score (nSPS) is 10.1. The highest BCUT2D eigenvalue weighted by Crippen LogP contribution is 2.16. The van der Waals surface area contributed by atoms with E-state index >= 15 is 0 Å². The van der Waals surface area contributed by atoms with Crippen LogP contribution in [-0.2, 0) is 6.54 Å². The maximum absolute atomic E-state index is 12.3. The molecule has 0 bridgehead atoms. The van der Waals surface area contributed by atoms with Gasteiger partial charge in [0.2, 0.25) is 0 Å². The summed E-state index contributed by atoms with van der Waals surface area (Å²) in [6.07, 6.45) is 3.45. The first-order valence-electron chi connectivity index (χ1n) is 5.51. The average molecular weight is 245 g/mol. The Morgan fingerprint density at radius 3 is 2.94 bits per heavy atom. The molecular formula is C12H15N5O. The van der Waals surface area contributed by atoms with Gasteiger partial charge >= 0.3 is 0 Å². The minimum absolute atomic E-state index is 0.0928. The van der Waals surface area contributed by atoms with Crippen molar-refractivity contribution in [3.63, 3.8) is 0 Å². The first-order valence-corrected chi connectivity index (χ1v) is 5.51. The number of benzene rings is 1. The predicted molar refractivity (Wildman–Crippen MR) is 68.6 cm³/mol. The number of anilines is 1. The molecule has 6 heteroatoms. The van der Waals surface area contributed by atoms with Crippen LogP contribution >= 0.6 is 0 Å². The maximum Gasteiger partial charge on any atom is 0.256 e. The molecule has 94 valence electrons. The van der Waals surface area contributed by atoms with Gasteiger partial charge in [-0.15, -0.1) is 0 Å². The first kappa shape index (κ1) is 12.1. The van der Waals surface area contributed by atoms with Crippen molar-refractivity contribution >= 4 is 11.6 Å². The van der Waals surface area contributed by atoms with Crippen LogP contribution in [0, 0.1) is 0 Å². The molecule has 0 fully saturated rings. The van der Waals surface area contributed by atoms with Crippen LogP contribution in [0.4, 0.5) is 5.69 Å². The summed E-state index contributed by atoms with van der Waals surface area (Å²) in [7, 11) is 1.74. The van der Waals surface area contributed by atoms with Gasteiger partial charge < -0.3 is 10.3 Å². The number of rotatable bonds is 4. The summed E-state index contributed by atoms with van der Waals surface area (Å²) >= 11 is 0. The molecule has 0 saturated carbocycles. The number of nitrogens with one attached hydrogen (secondary N) is 2. The highest BCUT2D eigenvalue weighted by molar-refractivity contribution is 5.99. The van der Waals surface area contributed by atoms with E-state index in [1.54, 1.807) is 42.5 Å². The third-order valence-corrected chi connectivity index (χ3v) is 2.63. The number of nitrogens with two attached hydrogens (primary N) is 1. The smallest absolute Gasteiger partial charge is 0.256 e. The Bertz CT molecular complexity index is 523. The number of carbonyl (C=O) groups excluding carboxylic acids is 1. The van der Waals surface area contributed by atoms with Gasteiger partial charge in [-0.3, -0.25) is 15.7 Å². The molecule has 0 aliphatic heterocycles. The number of carbonyl (C=O) groups is 1. The van der Waals surface area contributed by atoms with Gasteiger partial charge in [-0.2, -0.15) is 5.10 Å². The standard InChI is InChI=1S/C12H15N5O/c1-17(8-9-6-14-15-7-9)12(18)10-4-2-3-5-11(10)16-13/h2-7,16H,8,13H2,1H3,(H,14,15). The fraction of sp³-hybridized carbons (Fsp3) is 0.167. The number of aromatic nitrogens is 2. The van der Waals surface area contributed by atoms with Crippen LogP contribution in [0.1, 0.15) is 15.9 Å². The van der Waals surface area contributed by atoms with E-state index in [4.69, 9.17) is 5.84 Å². The van der Waals surface area contributed by atoms with Crippen LogP contribution in [0.15, 0.2) is 36.7 Å². The van der Waals surface area contributed by atoms with Crippen molar-refractivity contribution in [2.45, 2.75) is 6.54 Å². The minimum atomic E-state index is -0.0928. The molecule has 1 heterocycles. The van der Waals surface area contributed by atoms with E-state index in [1.807, 2.05) is 6.07 Å². The average Bonchev–Trinajstić information content (AvgIpc) is 2.90. The van der Waals surface area contributed by atoms with Gasteiger partial charge in [-0.25, -0.2) is 0 Å². The SMILES string of the molecule is CN(Cc1cn[nH]c1)C(=O)c1ccccc1NN. The molecular weight excluding hydrogens is 230 g/mol. The van der Waals surface area contributed by atoms with Gasteiger partial charge in [0.25, 0.3) is 5.91 Å². The van der Waals surface area contributed by atoms with Gasteiger partial charge in [0.15, 0.2) is 0 Å². The van der Waals surface area contributed by atoms with E-state index in [0.29, 0.717) is 17.8 Å². The molecule has 0 atom stereocenters. The lowest BCUT2D eigenvalue weighted by Crippen LogP contribution is -2.27. The van der Waals surface area contributed by atoms with Crippen molar-refractivity contribution in [2.75, 3.05) is 12.5 Å². The van der Waals surface area contributed by atoms with Gasteiger partial charge in [0.05, 0.1) is 17.4 Å². The lowest BCUT2D eigenvalue weighted by molar-refractivity contribution is 0.0786. The molecule has 18 heavy (non-hydrogen) atoms. The lowest BCUT2D eigenvalue weighted by atomic mass is 10.1. The zero-order valence-electron chi connectivity index (χ0n) is 10.1. The second kappa shape index (κ2) is 5.33. The number of H-pyrrole nitrogens is 1. The molecule has 1 aromatic heterocycles. The van der Waals surface area contributed by atoms with Gasteiger partial charge in [-0.05, 0) is 12.1 Å². The van der Waals surface area contributed by atoms with Crippen LogP contribution in [0.5, 0.6) is 0 Å². The summed E-state index contributed by atoms with van der Waals surface area (Å²) in [4.78, 5) is 13.9. The molecule has 6 nitrogen and oxygen atoms in total. The quantitative estimate of drug-likeness (QED) is 0.553. The molecule has 0 radical (unpaired) electrons. The Morgan fingerprint density at radius 1 is 1.50 bits per heavy atom. The number of hydrogen-bond donors (Lipinski definition) is 3. The monoisotopic (exact) mass is 245 g/mol. The van der Waals surface area contributed by atoms with Crippen LogP contribution in [0.25, 0.3) is 0 Å². The van der Waals surface area contributed by atoms with Gasteiger partial charge in [0.1, 0.15) is 0 Å². The molecule has 4 N–H and O–H groups in total. The summed E-state index contributed by atoms with van der Waals surface area (Å²) in [5, 5.41) is 6.56. The number of nitrogens with zero attached hydrogens (tertiary/aromatic N) is 2. The fourth-order valence-corrected chi connectivity index (χ4v) is 1.71. The largest absolute Gasteiger partial charge is 0.337 e. The van der Waals surface area contributed by atoms with Crippen molar-refractivity contribution in [1.29, 1.82) is 0 Å². The third-order valence-electron chi connectivity index (χ3n) is 2.63. The topological polar surface area (TPSA) is 87.0 Å². The molecule has 0 saturated heterocycles. The number of hydrogen-bond acceptors (Lipinski definition) is 4. The van der Waals surface area contributed by atoms with Crippen molar-refractivity contribution in [3.8, 4) is 0 Å². The van der Waals surface area contributed by atoms with Crippen LogP contribution in [0.2, 0.25) is 0 Å². The molecule has 0 aliphatic rings. The Labute approximate surface area is 105 Å². The van der Waals surface area contributed by atoms with Crippen molar-refractivity contribution in [1.82, 2.24) is 15.1 Å². The number of hydrazine groups is 1. The van der Waals surface area contributed by atoms with Crippen LogP contribution in [0.3, 0.4) is 0 Å². The van der Waals surface area contributed by atoms with Gasteiger partial charge in [-0.1, -0.05) is 12.1 Å². The lowest BCUT2D eigenvalue weighted by Gasteiger charge is -2.18. The Balaban J connectivity index is 2.15. The number of amides is 1. The Kier molecular flexibility index (Phi) is 3.59. The van der Waals surface area contributed by atoms with Gasteiger partial charge in [0, 0.05) is 25.4 Å². The zero-order valence-corrected chi connectivity index (χ0v) is 10.1. The predicted octanol–water partition coefficient (Wildman–Crippen LogP) is 0.968. The Hall–Kier alpha value is -2.34. The highest BCUT2D eigenvalue weighted by Gasteiger charge is 2.15. The first-order chi connectivity index (χ1) is 8.72. The zero-order chi connectivity index (χ0) is 13.0. The van der Waals surface area contributed by atoms with Crippen molar-refractivity contribution < 1.29 is 4.79 Å². The van der Waals surface area contributed by atoms with E-state index in [0.717, 1.165) is 5.56 Å². The van der Waals surface area contributed by atoms with Crippen LogP contribution < -0.4 is 11.3 Å². The minimum Gasteiger partial charge on any atom is -0.337 e. The van der Waals surface area contributed by atoms with Crippen molar-refractivity contribution in [2.24, 2.45) is 5.84 Å². The molecule has 1 aromatic carbocycles. The molecule has 0 spiro atoms. The van der Waals surface area contributed by atoms with Crippen molar-refractivity contribution in [3.05, 3.63) is 47.8 Å². The summed E-state index contributed by atoms with van der Waals surface area (Å²) in [5.41, 5.74) is 4.63. The number of aromatic amines is 1. The number of nitrogen functional groups attached to an aromatic ring is 1. The van der Waals surface area contributed by atoms with E-state index in [9.17, 15) is 4.79 Å². The summed E-state index contributed by atoms with van der Waals surface area (Å²) in [6.45, 7) is 0.494. The second-order valence-electron chi connectivity index (χ2n) is 3.96. The van der Waals surface area contributed by atoms with E-state index in [2.05, 4.69) is 15.6 Å². The molecule has 0 aliphatic carbocycles. The van der Waals surface area contributed by atoms with E-state index in [-0.39, 0.29) is 5.91 Å². The summed E-state index contributed by atoms with van der Waals surface area (Å²) in [6, 6.07) is 7.13. The maximum atomic E-state index is 12.3. The van der Waals surface area contributed by atoms with E-state index in [1.165, 1.54) is 0 Å². The molecule has 1 amide bonds. The molecule has 2 aromatic rings. The third kappa shape index (κ3) is 2.49. The Morgan fingerprint density at radius 2 is 2.28 bits per heavy atom.